The molecule has 0 unspecified atom stereocenters. The first-order valence-electron chi connectivity index (χ1n) is 12.3. The summed E-state index contributed by atoms with van der Waals surface area (Å²) in [5.74, 6) is -0.715. The zero-order chi connectivity index (χ0) is 25.8. The summed E-state index contributed by atoms with van der Waals surface area (Å²) >= 11 is 0. The summed E-state index contributed by atoms with van der Waals surface area (Å²) in [6.07, 6.45) is 0. The van der Waals surface area contributed by atoms with Crippen molar-refractivity contribution >= 4 is 39.3 Å². The third-order valence-corrected chi connectivity index (χ3v) is 7.18. The Labute approximate surface area is 218 Å². The van der Waals surface area contributed by atoms with Crippen molar-refractivity contribution in [3.8, 4) is 22.9 Å². The number of carbonyl (C=O) groups excluding carboxylic acids is 2. The maximum atomic E-state index is 13.9. The van der Waals surface area contributed by atoms with Gasteiger partial charge in [-0.2, -0.15) is 5.26 Å². The van der Waals surface area contributed by atoms with Gasteiger partial charge in [-0.1, -0.05) is 72.8 Å². The van der Waals surface area contributed by atoms with E-state index in [9.17, 15) is 14.9 Å². The highest BCUT2D eigenvalue weighted by atomic mass is 16.2. The van der Waals surface area contributed by atoms with Crippen molar-refractivity contribution in [1.82, 2.24) is 4.57 Å². The molecule has 5 aromatic carbocycles. The predicted octanol–water partition coefficient (Wildman–Crippen LogP) is 7.12. The van der Waals surface area contributed by atoms with Gasteiger partial charge in [0.15, 0.2) is 0 Å². The van der Waals surface area contributed by atoms with Gasteiger partial charge in [-0.25, -0.2) is 4.90 Å². The molecule has 178 valence electrons. The van der Waals surface area contributed by atoms with Crippen LogP contribution in [0.1, 0.15) is 26.3 Å². The first-order chi connectivity index (χ1) is 18.7. The van der Waals surface area contributed by atoms with E-state index < -0.39 is 0 Å². The first-order valence-corrected chi connectivity index (χ1v) is 12.3. The number of carbonyl (C=O) groups is 2. The fourth-order valence-corrected chi connectivity index (χ4v) is 5.49. The van der Waals surface area contributed by atoms with Crippen LogP contribution in [0.25, 0.3) is 38.6 Å². The van der Waals surface area contributed by atoms with Gasteiger partial charge in [0.05, 0.1) is 45.2 Å². The van der Waals surface area contributed by atoms with Gasteiger partial charge in [0.1, 0.15) is 0 Å². The molecule has 0 atom stereocenters. The largest absolute Gasteiger partial charge is 0.308 e. The molecule has 0 bridgehead atoms. The molecule has 0 N–H and O–H groups in total. The molecule has 5 heteroatoms. The molecule has 6 aromatic rings. The molecule has 1 aromatic heterocycles. The summed E-state index contributed by atoms with van der Waals surface area (Å²) < 4.78 is 1.98. The van der Waals surface area contributed by atoms with Crippen molar-refractivity contribution in [2.24, 2.45) is 0 Å². The van der Waals surface area contributed by atoms with Crippen LogP contribution >= 0.6 is 0 Å². The monoisotopic (exact) mass is 489 g/mol. The third-order valence-electron chi connectivity index (χ3n) is 7.18. The highest BCUT2D eigenvalue weighted by Gasteiger charge is 2.39. The van der Waals surface area contributed by atoms with E-state index in [0.29, 0.717) is 28.1 Å². The fourth-order valence-electron chi connectivity index (χ4n) is 5.49. The molecule has 0 aliphatic carbocycles. The Morgan fingerprint density at radius 3 is 2.08 bits per heavy atom. The lowest BCUT2D eigenvalue weighted by molar-refractivity contribution is 0.0926. The molecule has 0 saturated heterocycles. The number of aromatic nitrogens is 1. The molecule has 2 heterocycles. The van der Waals surface area contributed by atoms with Crippen LogP contribution in [-0.2, 0) is 0 Å². The van der Waals surface area contributed by atoms with E-state index in [1.165, 1.54) is 4.90 Å². The van der Waals surface area contributed by atoms with Crippen LogP contribution in [0.3, 0.4) is 0 Å². The Kier molecular flexibility index (Phi) is 4.75. The number of hydrogen-bond acceptors (Lipinski definition) is 3. The average Bonchev–Trinajstić information content (AvgIpc) is 3.45. The van der Waals surface area contributed by atoms with Gasteiger partial charge < -0.3 is 4.57 Å². The second-order valence-electron chi connectivity index (χ2n) is 9.22. The van der Waals surface area contributed by atoms with Crippen LogP contribution in [0.5, 0.6) is 0 Å². The number of hydrogen-bond donors (Lipinski definition) is 0. The van der Waals surface area contributed by atoms with E-state index in [2.05, 4.69) is 6.07 Å². The maximum Gasteiger partial charge on any atom is 0.268 e. The lowest BCUT2D eigenvalue weighted by atomic mass is 10.1. The van der Waals surface area contributed by atoms with Crippen molar-refractivity contribution in [1.29, 1.82) is 5.26 Å². The summed E-state index contributed by atoms with van der Waals surface area (Å²) in [6.45, 7) is 0. The van der Waals surface area contributed by atoms with Crippen LogP contribution in [0.15, 0.2) is 115 Å². The van der Waals surface area contributed by atoms with E-state index in [-0.39, 0.29) is 11.8 Å². The van der Waals surface area contributed by atoms with Gasteiger partial charge >= 0.3 is 0 Å². The van der Waals surface area contributed by atoms with Crippen LogP contribution in [0, 0.1) is 11.3 Å². The molecule has 2 amide bonds. The third kappa shape index (κ3) is 3.04. The molecule has 38 heavy (non-hydrogen) atoms. The number of fused-ring (bicyclic) bond motifs is 4. The van der Waals surface area contributed by atoms with E-state index in [1.807, 2.05) is 102 Å². The normalized spacial score (nSPS) is 12.8. The zero-order valence-corrected chi connectivity index (χ0v) is 20.1. The number of para-hydroxylation sites is 1. The van der Waals surface area contributed by atoms with Gasteiger partial charge in [0.25, 0.3) is 11.8 Å². The second kappa shape index (κ2) is 8.29. The Morgan fingerprint density at radius 1 is 0.605 bits per heavy atom. The number of nitriles is 1. The van der Waals surface area contributed by atoms with Crippen LogP contribution < -0.4 is 4.90 Å². The summed E-state index contributed by atoms with van der Waals surface area (Å²) in [4.78, 5) is 28.7. The number of rotatable bonds is 3. The summed E-state index contributed by atoms with van der Waals surface area (Å²) in [6, 6.07) is 38.5. The Balaban J connectivity index is 1.40. The van der Waals surface area contributed by atoms with Crippen LogP contribution in [0.4, 0.5) is 5.69 Å². The van der Waals surface area contributed by atoms with Gasteiger partial charge in [-0.05, 0) is 53.6 Å². The molecule has 1 aliphatic heterocycles. The first kappa shape index (κ1) is 21.8. The van der Waals surface area contributed by atoms with E-state index >= 15 is 0 Å². The summed E-state index contributed by atoms with van der Waals surface area (Å²) in [5.41, 5.74) is 6.16. The predicted molar refractivity (Wildman–Crippen MR) is 149 cm³/mol. The quantitative estimate of drug-likeness (QED) is 0.249. The standard InChI is InChI=1S/C33H19N3O2/c34-20-23-10-6-14-28-30(23)25-11-4-5-13-27(25)36(28)29-15-7-12-26-31(29)33(38)35(32(26)37)24-18-16-22(17-19-24)21-8-2-1-3-9-21/h1-19H. The van der Waals surface area contributed by atoms with E-state index in [1.54, 1.807) is 18.2 Å². The van der Waals surface area contributed by atoms with Crippen molar-refractivity contribution in [3.63, 3.8) is 0 Å². The highest BCUT2D eigenvalue weighted by molar-refractivity contribution is 6.35. The van der Waals surface area contributed by atoms with Crippen LogP contribution in [0.2, 0.25) is 0 Å². The minimum absolute atomic E-state index is 0.349. The summed E-state index contributed by atoms with van der Waals surface area (Å²) in [5, 5.41) is 11.5. The van der Waals surface area contributed by atoms with Crippen molar-refractivity contribution < 1.29 is 9.59 Å². The topological polar surface area (TPSA) is 66.1 Å². The summed E-state index contributed by atoms with van der Waals surface area (Å²) in [7, 11) is 0. The molecule has 5 nitrogen and oxygen atoms in total. The van der Waals surface area contributed by atoms with Gasteiger partial charge in [0.2, 0.25) is 0 Å². The Morgan fingerprint density at radius 2 is 1.29 bits per heavy atom. The lowest BCUT2D eigenvalue weighted by Crippen LogP contribution is -2.29. The van der Waals surface area contributed by atoms with Crippen LogP contribution in [-0.4, -0.2) is 16.4 Å². The molecule has 0 fully saturated rings. The molecular weight excluding hydrogens is 470 g/mol. The van der Waals surface area contributed by atoms with Crippen molar-refractivity contribution in [3.05, 3.63) is 132 Å². The zero-order valence-electron chi connectivity index (χ0n) is 20.1. The molecule has 0 radical (unpaired) electrons. The highest BCUT2D eigenvalue weighted by Crippen LogP contribution is 2.38. The van der Waals surface area contributed by atoms with E-state index in [0.717, 1.165) is 32.9 Å². The number of benzene rings is 5. The molecular formula is C33H19N3O2. The van der Waals surface area contributed by atoms with Gasteiger partial charge in [-0.15, -0.1) is 0 Å². The number of amides is 2. The van der Waals surface area contributed by atoms with Gasteiger partial charge in [0, 0.05) is 10.8 Å². The second-order valence-corrected chi connectivity index (χ2v) is 9.22. The Hall–Kier alpha value is -5.47. The van der Waals surface area contributed by atoms with Crippen molar-refractivity contribution in [2.45, 2.75) is 0 Å². The molecule has 1 aliphatic rings. The smallest absolute Gasteiger partial charge is 0.268 e. The molecule has 0 spiro atoms. The maximum absolute atomic E-state index is 13.9. The molecule has 7 rings (SSSR count). The average molecular weight is 490 g/mol. The molecule has 0 saturated carbocycles. The minimum Gasteiger partial charge on any atom is -0.308 e. The lowest BCUT2D eigenvalue weighted by Gasteiger charge is -2.15. The number of nitrogens with zero attached hydrogens (tertiary/aromatic N) is 3. The van der Waals surface area contributed by atoms with E-state index in [4.69, 9.17) is 0 Å². The van der Waals surface area contributed by atoms with Crippen molar-refractivity contribution in [2.75, 3.05) is 4.90 Å². The number of anilines is 1. The fraction of sp³-hybridized carbons (Fsp3) is 0. The Bertz CT molecular complexity index is 1960. The number of imide groups is 1. The van der Waals surface area contributed by atoms with Gasteiger partial charge in [-0.3, -0.25) is 9.59 Å². The minimum atomic E-state index is -0.365. The SMILES string of the molecule is N#Cc1cccc2c1c1ccccc1n2-c1cccc2c1C(=O)N(c1ccc(-c3ccccc3)cc1)C2=O.